The Morgan fingerprint density at radius 2 is 2.00 bits per heavy atom. The number of amides is 1. The Kier molecular flexibility index (Phi) is 3.05. The maximum Gasteiger partial charge on any atom is 0.262 e. The third-order valence-electron chi connectivity index (χ3n) is 3.74. The third kappa shape index (κ3) is 2.22. The van der Waals surface area contributed by atoms with E-state index in [2.05, 4.69) is 29.4 Å². The number of aromatic amines is 1. The summed E-state index contributed by atoms with van der Waals surface area (Å²) in [5, 5.41) is 4.08. The molecule has 4 heteroatoms. The number of fused-ring (bicyclic) bond motifs is 2. The molecule has 1 aromatic heterocycles. The van der Waals surface area contributed by atoms with E-state index in [1.807, 2.05) is 42.6 Å². The van der Waals surface area contributed by atoms with E-state index in [1.54, 1.807) is 0 Å². The molecule has 0 atom stereocenters. The van der Waals surface area contributed by atoms with Gasteiger partial charge in [-0.2, -0.15) is 0 Å². The molecule has 0 fully saturated rings. The normalized spacial score (nSPS) is 15.9. The molecule has 0 saturated carbocycles. The van der Waals surface area contributed by atoms with Crippen molar-refractivity contribution in [1.82, 2.24) is 4.98 Å². The van der Waals surface area contributed by atoms with Crippen molar-refractivity contribution in [2.45, 2.75) is 11.8 Å². The standard InChI is InChI=1S/C18H14N2OS/c1-11-6-7-15-16(8-11)22-17(18(21)20-15)9-12-10-19-14-5-3-2-4-13(12)14/h2-10,19H,1H3,(H,20,21). The zero-order valence-corrected chi connectivity index (χ0v) is 12.8. The average molecular weight is 306 g/mol. The van der Waals surface area contributed by atoms with Gasteiger partial charge in [-0.3, -0.25) is 4.79 Å². The lowest BCUT2D eigenvalue weighted by Crippen LogP contribution is -2.17. The summed E-state index contributed by atoms with van der Waals surface area (Å²) in [6.07, 6.45) is 3.89. The van der Waals surface area contributed by atoms with E-state index in [0.717, 1.165) is 27.0 Å². The molecular weight excluding hydrogens is 292 g/mol. The zero-order valence-electron chi connectivity index (χ0n) is 12.0. The highest BCUT2D eigenvalue weighted by atomic mass is 32.2. The van der Waals surface area contributed by atoms with Crippen molar-refractivity contribution in [2.75, 3.05) is 5.32 Å². The highest BCUT2D eigenvalue weighted by Crippen LogP contribution is 2.39. The van der Waals surface area contributed by atoms with Crippen LogP contribution in [0.5, 0.6) is 0 Å². The molecule has 0 spiro atoms. The van der Waals surface area contributed by atoms with Crippen LogP contribution in [0.3, 0.4) is 0 Å². The fourth-order valence-electron chi connectivity index (χ4n) is 2.62. The number of hydrogen-bond acceptors (Lipinski definition) is 2. The number of hydrogen-bond donors (Lipinski definition) is 2. The molecule has 1 amide bonds. The van der Waals surface area contributed by atoms with Crippen LogP contribution in [0.25, 0.3) is 17.0 Å². The quantitative estimate of drug-likeness (QED) is 0.647. The maximum absolute atomic E-state index is 12.3. The average Bonchev–Trinajstić information content (AvgIpc) is 2.92. The Bertz CT molecular complexity index is 924. The van der Waals surface area contributed by atoms with E-state index in [1.165, 1.54) is 17.3 Å². The van der Waals surface area contributed by atoms with Crippen LogP contribution in [0.1, 0.15) is 11.1 Å². The van der Waals surface area contributed by atoms with Gasteiger partial charge >= 0.3 is 0 Å². The molecule has 2 heterocycles. The Labute approximate surface area is 132 Å². The number of benzene rings is 2. The third-order valence-corrected chi connectivity index (χ3v) is 4.82. The Morgan fingerprint density at radius 1 is 1.14 bits per heavy atom. The molecule has 3 nitrogen and oxygen atoms in total. The SMILES string of the molecule is Cc1ccc2c(c1)SC(=Cc1c[nH]c3ccccc13)C(=O)N2. The van der Waals surface area contributed by atoms with E-state index < -0.39 is 0 Å². The van der Waals surface area contributed by atoms with Gasteiger partial charge in [-0.25, -0.2) is 0 Å². The maximum atomic E-state index is 12.3. The van der Waals surface area contributed by atoms with E-state index >= 15 is 0 Å². The fourth-order valence-corrected chi connectivity index (χ4v) is 3.66. The first-order chi connectivity index (χ1) is 10.7. The van der Waals surface area contributed by atoms with Gasteiger partial charge < -0.3 is 10.3 Å². The van der Waals surface area contributed by atoms with Gasteiger partial charge in [-0.15, -0.1) is 0 Å². The summed E-state index contributed by atoms with van der Waals surface area (Å²) in [4.78, 5) is 17.3. The topological polar surface area (TPSA) is 44.9 Å². The molecule has 0 unspecified atom stereocenters. The minimum absolute atomic E-state index is 0.0494. The molecular formula is C18H14N2OS. The number of aryl methyl sites for hydroxylation is 1. The molecule has 0 saturated heterocycles. The molecule has 0 bridgehead atoms. The first-order valence-electron chi connectivity index (χ1n) is 7.08. The highest BCUT2D eigenvalue weighted by molar-refractivity contribution is 8.04. The van der Waals surface area contributed by atoms with Crippen molar-refractivity contribution in [3.8, 4) is 0 Å². The van der Waals surface area contributed by atoms with E-state index in [9.17, 15) is 4.79 Å². The molecule has 108 valence electrons. The van der Waals surface area contributed by atoms with Gasteiger partial charge in [0.1, 0.15) is 0 Å². The number of anilines is 1. The molecule has 0 aliphatic carbocycles. The number of carbonyl (C=O) groups is 1. The number of nitrogens with one attached hydrogen (secondary N) is 2. The second-order valence-corrected chi connectivity index (χ2v) is 6.44. The van der Waals surface area contributed by atoms with Crippen molar-refractivity contribution in [3.05, 3.63) is 64.7 Å². The fraction of sp³-hybridized carbons (Fsp3) is 0.0556. The predicted molar refractivity (Wildman–Crippen MR) is 91.9 cm³/mol. The summed E-state index contributed by atoms with van der Waals surface area (Å²) < 4.78 is 0. The van der Waals surface area contributed by atoms with E-state index in [0.29, 0.717) is 4.91 Å². The first kappa shape index (κ1) is 13.2. The molecule has 1 aliphatic heterocycles. The van der Waals surface area contributed by atoms with Crippen LogP contribution in [0.2, 0.25) is 0 Å². The van der Waals surface area contributed by atoms with Gasteiger partial charge in [0, 0.05) is 27.6 Å². The van der Waals surface area contributed by atoms with Gasteiger partial charge in [0.2, 0.25) is 0 Å². The van der Waals surface area contributed by atoms with Crippen LogP contribution in [-0.4, -0.2) is 10.9 Å². The summed E-state index contributed by atoms with van der Waals surface area (Å²) in [6, 6.07) is 14.2. The Balaban J connectivity index is 1.78. The monoisotopic (exact) mass is 306 g/mol. The first-order valence-corrected chi connectivity index (χ1v) is 7.90. The Hall–Kier alpha value is -2.46. The van der Waals surface area contributed by atoms with Gasteiger partial charge in [-0.1, -0.05) is 36.0 Å². The van der Waals surface area contributed by atoms with E-state index in [-0.39, 0.29) is 5.91 Å². The molecule has 22 heavy (non-hydrogen) atoms. The van der Waals surface area contributed by atoms with Gasteiger partial charge in [0.15, 0.2) is 0 Å². The lowest BCUT2D eigenvalue weighted by molar-refractivity contribution is -0.112. The molecule has 1 aliphatic rings. The summed E-state index contributed by atoms with van der Waals surface area (Å²) in [7, 11) is 0. The molecule has 4 rings (SSSR count). The predicted octanol–water partition coefficient (Wildman–Crippen LogP) is 4.56. The smallest absolute Gasteiger partial charge is 0.262 e. The largest absolute Gasteiger partial charge is 0.361 e. The Morgan fingerprint density at radius 3 is 2.91 bits per heavy atom. The molecule has 2 aromatic carbocycles. The zero-order chi connectivity index (χ0) is 15.1. The summed E-state index contributed by atoms with van der Waals surface area (Å²) >= 11 is 1.52. The number of carbonyl (C=O) groups excluding carboxylic acids is 1. The minimum atomic E-state index is -0.0494. The lowest BCUT2D eigenvalue weighted by Gasteiger charge is -2.18. The van der Waals surface area contributed by atoms with Crippen LogP contribution in [-0.2, 0) is 4.79 Å². The van der Waals surface area contributed by atoms with Crippen molar-refractivity contribution in [1.29, 1.82) is 0 Å². The van der Waals surface area contributed by atoms with Crippen molar-refractivity contribution in [3.63, 3.8) is 0 Å². The summed E-state index contributed by atoms with van der Waals surface area (Å²) in [5.41, 5.74) is 4.18. The van der Waals surface area contributed by atoms with Crippen LogP contribution >= 0.6 is 11.8 Å². The van der Waals surface area contributed by atoms with E-state index in [4.69, 9.17) is 0 Å². The second kappa shape index (κ2) is 5.07. The van der Waals surface area contributed by atoms with Crippen LogP contribution in [0.4, 0.5) is 5.69 Å². The van der Waals surface area contributed by atoms with Crippen molar-refractivity contribution >= 4 is 40.3 Å². The number of rotatable bonds is 1. The summed E-state index contributed by atoms with van der Waals surface area (Å²) in [6.45, 7) is 2.06. The van der Waals surface area contributed by atoms with Crippen LogP contribution < -0.4 is 5.32 Å². The summed E-state index contributed by atoms with van der Waals surface area (Å²) in [5.74, 6) is -0.0494. The number of H-pyrrole nitrogens is 1. The van der Waals surface area contributed by atoms with Crippen LogP contribution in [0.15, 0.2) is 58.5 Å². The number of aromatic nitrogens is 1. The van der Waals surface area contributed by atoms with Crippen molar-refractivity contribution < 1.29 is 4.79 Å². The number of thioether (sulfide) groups is 1. The number of para-hydroxylation sites is 1. The minimum Gasteiger partial charge on any atom is -0.361 e. The molecule has 2 N–H and O–H groups in total. The van der Waals surface area contributed by atoms with Crippen LogP contribution in [0, 0.1) is 6.92 Å². The highest BCUT2D eigenvalue weighted by Gasteiger charge is 2.21. The van der Waals surface area contributed by atoms with Gasteiger partial charge in [0.25, 0.3) is 5.91 Å². The molecule has 3 aromatic rings. The van der Waals surface area contributed by atoms with Gasteiger partial charge in [0.05, 0.1) is 10.6 Å². The molecule has 0 radical (unpaired) electrons. The van der Waals surface area contributed by atoms with Gasteiger partial charge in [-0.05, 0) is 36.8 Å². The van der Waals surface area contributed by atoms with Crippen molar-refractivity contribution in [2.24, 2.45) is 0 Å². The lowest BCUT2D eigenvalue weighted by atomic mass is 10.1. The second-order valence-electron chi connectivity index (χ2n) is 5.35.